The third-order valence-electron chi connectivity index (χ3n) is 2.43. The molecule has 0 fully saturated rings. The lowest BCUT2D eigenvalue weighted by molar-refractivity contribution is -0.137. The second kappa shape index (κ2) is 4.39. The van der Waals surface area contributed by atoms with Gasteiger partial charge in [-0.3, -0.25) is 0 Å². The van der Waals surface area contributed by atoms with E-state index in [2.05, 4.69) is 4.98 Å². The Morgan fingerprint density at radius 2 is 1.78 bits per heavy atom. The number of hydrogen-bond donors (Lipinski definition) is 1. The first kappa shape index (κ1) is 12.5. The van der Waals surface area contributed by atoms with Crippen LogP contribution in [-0.4, -0.2) is 4.98 Å². The van der Waals surface area contributed by atoms with Crippen molar-refractivity contribution < 1.29 is 13.2 Å². The fourth-order valence-corrected chi connectivity index (χ4v) is 1.73. The van der Waals surface area contributed by atoms with Gasteiger partial charge in [-0.1, -0.05) is 23.7 Å². The Bertz CT molecular complexity index is 606. The van der Waals surface area contributed by atoms with Crippen LogP contribution in [-0.2, 0) is 6.18 Å². The lowest BCUT2D eigenvalue weighted by Gasteiger charge is -2.04. The minimum Gasteiger partial charge on any atom is -0.359 e. The number of halogens is 4. The molecule has 0 radical (unpaired) electrons. The Kier molecular flexibility index (Phi) is 3.05. The van der Waals surface area contributed by atoms with Gasteiger partial charge >= 0.3 is 6.18 Å². The first-order valence-corrected chi connectivity index (χ1v) is 5.26. The smallest absolute Gasteiger partial charge is 0.359 e. The fraction of sp³-hybridized carbons (Fsp3) is 0.0833. The van der Waals surface area contributed by atoms with Gasteiger partial charge in [-0.05, 0) is 17.7 Å². The molecule has 0 bridgehead atoms. The molecule has 0 saturated carbocycles. The summed E-state index contributed by atoms with van der Waals surface area (Å²) >= 11 is 5.70. The van der Waals surface area contributed by atoms with Gasteiger partial charge in [-0.2, -0.15) is 18.4 Å². The van der Waals surface area contributed by atoms with Crippen LogP contribution in [0, 0.1) is 11.3 Å². The molecule has 1 aromatic carbocycles. The number of H-pyrrole nitrogens is 1. The SMILES string of the molecule is N#Cc1c(C(F)(F)F)c[nH]c1-c1ccc(Cl)cc1. The standard InChI is InChI=1S/C12H6ClF3N2/c13-8-3-1-7(2-4-8)11-9(5-17)10(6-18-11)12(14,15)16/h1-4,6,18H. The highest BCUT2D eigenvalue weighted by Crippen LogP contribution is 2.36. The number of nitrogens with one attached hydrogen (secondary N) is 1. The fourth-order valence-electron chi connectivity index (χ4n) is 1.61. The van der Waals surface area contributed by atoms with Crippen molar-refractivity contribution in [3.63, 3.8) is 0 Å². The molecule has 1 aromatic heterocycles. The molecule has 18 heavy (non-hydrogen) atoms. The van der Waals surface area contributed by atoms with E-state index in [1.165, 1.54) is 0 Å². The summed E-state index contributed by atoms with van der Waals surface area (Å²) in [5, 5.41) is 9.34. The molecule has 1 N–H and O–H groups in total. The molecule has 2 aromatic rings. The number of benzene rings is 1. The molecule has 2 rings (SSSR count). The number of nitrogens with zero attached hydrogens (tertiary/aromatic N) is 1. The van der Waals surface area contributed by atoms with Gasteiger partial charge in [0.1, 0.15) is 6.07 Å². The number of rotatable bonds is 1. The maximum absolute atomic E-state index is 12.6. The highest BCUT2D eigenvalue weighted by atomic mass is 35.5. The van der Waals surface area contributed by atoms with Crippen molar-refractivity contribution in [2.75, 3.05) is 0 Å². The molecule has 0 aliphatic heterocycles. The average molecular weight is 271 g/mol. The van der Waals surface area contributed by atoms with Crippen LogP contribution >= 0.6 is 11.6 Å². The van der Waals surface area contributed by atoms with E-state index < -0.39 is 17.3 Å². The molecular weight excluding hydrogens is 265 g/mol. The average Bonchev–Trinajstić information content (AvgIpc) is 2.73. The molecule has 0 aliphatic carbocycles. The van der Waals surface area contributed by atoms with E-state index in [0.29, 0.717) is 10.6 Å². The number of aromatic amines is 1. The molecule has 0 saturated heterocycles. The maximum Gasteiger partial charge on any atom is 0.419 e. The molecule has 6 heteroatoms. The van der Waals surface area contributed by atoms with Crippen LogP contribution in [0.15, 0.2) is 30.5 Å². The van der Waals surface area contributed by atoms with Crippen molar-refractivity contribution in [3.05, 3.63) is 46.6 Å². The molecule has 0 spiro atoms. The highest BCUT2D eigenvalue weighted by molar-refractivity contribution is 6.30. The summed E-state index contributed by atoms with van der Waals surface area (Å²) in [5.74, 6) is 0. The van der Waals surface area contributed by atoms with Gasteiger partial charge in [0, 0.05) is 11.2 Å². The third-order valence-corrected chi connectivity index (χ3v) is 2.68. The van der Waals surface area contributed by atoms with Gasteiger partial charge in [0.25, 0.3) is 0 Å². The Labute approximate surface area is 106 Å². The van der Waals surface area contributed by atoms with E-state index in [1.807, 2.05) is 0 Å². The van der Waals surface area contributed by atoms with Crippen molar-refractivity contribution in [1.29, 1.82) is 5.26 Å². The lowest BCUT2D eigenvalue weighted by atomic mass is 10.1. The number of aromatic nitrogens is 1. The van der Waals surface area contributed by atoms with Crippen molar-refractivity contribution in [3.8, 4) is 17.3 Å². The van der Waals surface area contributed by atoms with Gasteiger partial charge in [-0.15, -0.1) is 0 Å². The zero-order valence-corrected chi connectivity index (χ0v) is 9.60. The van der Waals surface area contributed by atoms with Crippen LogP contribution in [0.1, 0.15) is 11.1 Å². The summed E-state index contributed by atoms with van der Waals surface area (Å²) in [6.07, 6.45) is -3.76. The Morgan fingerprint density at radius 1 is 1.17 bits per heavy atom. The topological polar surface area (TPSA) is 39.6 Å². The van der Waals surface area contributed by atoms with Crippen molar-refractivity contribution >= 4 is 11.6 Å². The summed E-state index contributed by atoms with van der Waals surface area (Å²) in [4.78, 5) is 2.48. The third kappa shape index (κ3) is 2.20. The van der Waals surface area contributed by atoms with Gasteiger partial charge in [0.15, 0.2) is 0 Å². The summed E-state index contributed by atoms with van der Waals surface area (Å²) < 4.78 is 37.9. The molecule has 0 atom stereocenters. The highest BCUT2D eigenvalue weighted by Gasteiger charge is 2.36. The molecular formula is C12H6ClF3N2. The zero-order valence-electron chi connectivity index (χ0n) is 8.85. The maximum atomic E-state index is 12.6. The second-order valence-electron chi connectivity index (χ2n) is 3.57. The van der Waals surface area contributed by atoms with Gasteiger partial charge in [0.05, 0.1) is 16.8 Å². The number of alkyl halides is 3. The minimum absolute atomic E-state index is 0.140. The predicted octanol–water partition coefficient (Wildman–Crippen LogP) is 4.23. The van der Waals surface area contributed by atoms with Crippen LogP contribution in [0.3, 0.4) is 0 Å². The Balaban J connectivity index is 2.57. The summed E-state index contributed by atoms with van der Waals surface area (Å²) in [7, 11) is 0. The molecule has 92 valence electrons. The first-order valence-electron chi connectivity index (χ1n) is 4.88. The van der Waals surface area contributed by atoms with Crippen molar-refractivity contribution in [1.82, 2.24) is 4.98 Å². The zero-order chi connectivity index (χ0) is 13.3. The van der Waals surface area contributed by atoms with E-state index in [1.54, 1.807) is 30.3 Å². The van der Waals surface area contributed by atoms with Crippen LogP contribution in [0.4, 0.5) is 13.2 Å². The number of hydrogen-bond acceptors (Lipinski definition) is 1. The van der Waals surface area contributed by atoms with Crippen molar-refractivity contribution in [2.24, 2.45) is 0 Å². The Hall–Kier alpha value is -1.93. The molecule has 2 nitrogen and oxygen atoms in total. The molecule has 1 heterocycles. The summed E-state index contributed by atoms with van der Waals surface area (Å²) in [6.45, 7) is 0. The van der Waals surface area contributed by atoms with Crippen LogP contribution in [0.25, 0.3) is 11.3 Å². The first-order chi connectivity index (χ1) is 8.43. The van der Waals surface area contributed by atoms with Crippen LogP contribution in [0.2, 0.25) is 5.02 Å². The summed E-state index contributed by atoms with van der Waals surface area (Å²) in [5.41, 5.74) is -0.757. The second-order valence-corrected chi connectivity index (χ2v) is 4.01. The van der Waals surface area contributed by atoms with E-state index in [9.17, 15) is 13.2 Å². The van der Waals surface area contributed by atoms with E-state index in [0.717, 1.165) is 6.20 Å². The molecule has 0 amide bonds. The number of nitriles is 1. The van der Waals surface area contributed by atoms with Gasteiger partial charge in [-0.25, -0.2) is 0 Å². The normalized spacial score (nSPS) is 11.3. The Morgan fingerprint density at radius 3 is 2.28 bits per heavy atom. The quantitative estimate of drug-likeness (QED) is 0.828. The lowest BCUT2D eigenvalue weighted by Crippen LogP contribution is -2.05. The monoisotopic (exact) mass is 270 g/mol. The molecule has 0 unspecified atom stereocenters. The van der Waals surface area contributed by atoms with E-state index in [-0.39, 0.29) is 5.69 Å². The predicted molar refractivity (Wildman–Crippen MR) is 61.0 cm³/mol. The van der Waals surface area contributed by atoms with Gasteiger partial charge < -0.3 is 4.98 Å². The van der Waals surface area contributed by atoms with Crippen LogP contribution < -0.4 is 0 Å². The van der Waals surface area contributed by atoms with E-state index >= 15 is 0 Å². The van der Waals surface area contributed by atoms with Crippen molar-refractivity contribution in [2.45, 2.75) is 6.18 Å². The largest absolute Gasteiger partial charge is 0.419 e. The minimum atomic E-state index is -4.55. The van der Waals surface area contributed by atoms with Crippen LogP contribution in [0.5, 0.6) is 0 Å². The van der Waals surface area contributed by atoms with E-state index in [4.69, 9.17) is 16.9 Å². The summed E-state index contributed by atoms with van der Waals surface area (Å²) in [6, 6.07) is 7.78. The molecule has 0 aliphatic rings. The van der Waals surface area contributed by atoms with Gasteiger partial charge in [0.2, 0.25) is 0 Å².